The number of anilines is 2. The van der Waals surface area contributed by atoms with E-state index >= 15 is 0 Å². The normalized spacial score (nSPS) is 10.5. The summed E-state index contributed by atoms with van der Waals surface area (Å²) in [6, 6.07) is 13.3. The van der Waals surface area contributed by atoms with Crippen LogP contribution in [0.25, 0.3) is 22.6 Å². The van der Waals surface area contributed by atoms with E-state index in [1.807, 2.05) is 42.5 Å². The second-order valence-corrected chi connectivity index (χ2v) is 4.26. The number of hydrogen-bond donors (Lipinski definition) is 2. The maximum atomic E-state index is 5.85. The molecule has 4 heteroatoms. The van der Waals surface area contributed by atoms with Gasteiger partial charge in [-0.05, 0) is 35.4 Å². The monoisotopic (exact) mass is 251 g/mol. The summed E-state index contributed by atoms with van der Waals surface area (Å²) in [5, 5.41) is 0. The highest BCUT2D eigenvalue weighted by Crippen LogP contribution is 2.33. The molecule has 0 fully saturated rings. The number of hydrogen-bond acceptors (Lipinski definition) is 4. The van der Waals surface area contributed by atoms with Crippen molar-refractivity contribution in [2.45, 2.75) is 0 Å². The molecule has 0 bridgehead atoms. The van der Waals surface area contributed by atoms with Gasteiger partial charge in [-0.15, -0.1) is 0 Å². The Morgan fingerprint density at radius 2 is 1.58 bits per heavy atom. The number of rotatable bonds is 2. The Balaban J connectivity index is 2.18. The summed E-state index contributed by atoms with van der Waals surface area (Å²) in [6.45, 7) is 0. The third-order valence-corrected chi connectivity index (χ3v) is 2.93. The Morgan fingerprint density at radius 1 is 0.842 bits per heavy atom. The van der Waals surface area contributed by atoms with Gasteiger partial charge in [0.2, 0.25) is 5.89 Å². The van der Waals surface area contributed by atoms with E-state index in [9.17, 15) is 0 Å². The van der Waals surface area contributed by atoms with Gasteiger partial charge in [0.05, 0.1) is 6.20 Å². The van der Waals surface area contributed by atoms with Crippen LogP contribution < -0.4 is 11.5 Å². The SMILES string of the molecule is Nc1ccc(-c2ccc(N)cc2-c2ncco2)cc1. The smallest absolute Gasteiger partial charge is 0.226 e. The van der Waals surface area contributed by atoms with Gasteiger partial charge in [0.25, 0.3) is 0 Å². The maximum Gasteiger partial charge on any atom is 0.226 e. The van der Waals surface area contributed by atoms with Crippen LogP contribution in [-0.4, -0.2) is 4.98 Å². The molecule has 3 aromatic rings. The van der Waals surface area contributed by atoms with Crippen LogP contribution in [0.4, 0.5) is 11.4 Å². The molecule has 0 aliphatic heterocycles. The zero-order valence-electron chi connectivity index (χ0n) is 10.2. The minimum Gasteiger partial charge on any atom is -0.445 e. The first kappa shape index (κ1) is 11.3. The molecular weight excluding hydrogens is 238 g/mol. The number of benzene rings is 2. The topological polar surface area (TPSA) is 78.1 Å². The lowest BCUT2D eigenvalue weighted by Crippen LogP contribution is -1.90. The second kappa shape index (κ2) is 4.49. The van der Waals surface area contributed by atoms with Crippen molar-refractivity contribution in [1.29, 1.82) is 0 Å². The second-order valence-electron chi connectivity index (χ2n) is 4.26. The first-order valence-corrected chi connectivity index (χ1v) is 5.89. The quantitative estimate of drug-likeness (QED) is 0.686. The summed E-state index contributed by atoms with van der Waals surface area (Å²) in [4.78, 5) is 4.18. The summed E-state index contributed by atoms with van der Waals surface area (Å²) in [5.41, 5.74) is 15.9. The van der Waals surface area contributed by atoms with Crippen LogP contribution in [0.3, 0.4) is 0 Å². The lowest BCUT2D eigenvalue weighted by Gasteiger charge is -2.08. The fourth-order valence-electron chi connectivity index (χ4n) is 2.01. The minimum absolute atomic E-state index is 0.555. The molecule has 0 radical (unpaired) electrons. The molecule has 3 rings (SSSR count). The van der Waals surface area contributed by atoms with E-state index < -0.39 is 0 Å². The van der Waals surface area contributed by atoms with Crippen molar-refractivity contribution in [3.8, 4) is 22.6 Å². The van der Waals surface area contributed by atoms with Crippen LogP contribution in [0.15, 0.2) is 59.3 Å². The number of nitrogen functional groups attached to an aromatic ring is 2. The van der Waals surface area contributed by atoms with Crippen molar-refractivity contribution in [3.05, 3.63) is 54.9 Å². The van der Waals surface area contributed by atoms with Crippen LogP contribution in [0.5, 0.6) is 0 Å². The molecule has 0 aliphatic carbocycles. The molecule has 0 spiro atoms. The minimum atomic E-state index is 0.555. The van der Waals surface area contributed by atoms with Crippen LogP contribution >= 0.6 is 0 Å². The maximum absolute atomic E-state index is 5.85. The lowest BCUT2D eigenvalue weighted by molar-refractivity contribution is 0.575. The average molecular weight is 251 g/mol. The number of nitrogens with zero attached hydrogens (tertiary/aromatic N) is 1. The molecule has 0 aliphatic rings. The zero-order chi connectivity index (χ0) is 13.2. The predicted octanol–water partition coefficient (Wildman–Crippen LogP) is 3.17. The van der Waals surface area contributed by atoms with Crippen molar-refractivity contribution in [1.82, 2.24) is 4.98 Å². The standard InChI is InChI=1S/C15H13N3O/c16-11-3-1-10(2-4-11)13-6-5-12(17)9-14(13)15-18-7-8-19-15/h1-9H,16-17H2. The Morgan fingerprint density at radius 3 is 2.26 bits per heavy atom. The highest BCUT2D eigenvalue weighted by atomic mass is 16.3. The van der Waals surface area contributed by atoms with Crippen molar-refractivity contribution >= 4 is 11.4 Å². The molecule has 19 heavy (non-hydrogen) atoms. The van der Waals surface area contributed by atoms with Gasteiger partial charge in [0.1, 0.15) is 6.26 Å². The van der Waals surface area contributed by atoms with Gasteiger partial charge in [-0.2, -0.15) is 0 Å². The van der Waals surface area contributed by atoms with Gasteiger partial charge in [-0.1, -0.05) is 18.2 Å². The Bertz CT molecular complexity index is 688. The summed E-state index contributed by atoms with van der Waals surface area (Å²) in [7, 11) is 0. The molecule has 4 N–H and O–H groups in total. The predicted molar refractivity (Wildman–Crippen MR) is 76.2 cm³/mol. The molecule has 0 saturated heterocycles. The molecule has 0 unspecified atom stereocenters. The number of aromatic nitrogens is 1. The Hall–Kier alpha value is -2.75. The molecule has 4 nitrogen and oxygen atoms in total. The van der Waals surface area contributed by atoms with Gasteiger partial charge in [0.15, 0.2) is 0 Å². The number of oxazole rings is 1. The van der Waals surface area contributed by atoms with E-state index in [1.165, 1.54) is 0 Å². The van der Waals surface area contributed by atoms with Gasteiger partial charge < -0.3 is 15.9 Å². The van der Waals surface area contributed by atoms with Crippen molar-refractivity contribution in [2.75, 3.05) is 11.5 Å². The third-order valence-electron chi connectivity index (χ3n) is 2.93. The molecule has 1 aromatic heterocycles. The van der Waals surface area contributed by atoms with Crippen LogP contribution in [-0.2, 0) is 0 Å². The summed E-state index contributed by atoms with van der Waals surface area (Å²) < 4.78 is 5.37. The Kier molecular flexibility index (Phi) is 2.68. The summed E-state index contributed by atoms with van der Waals surface area (Å²) >= 11 is 0. The number of nitrogens with two attached hydrogens (primary N) is 2. The highest BCUT2D eigenvalue weighted by molar-refractivity contribution is 5.82. The molecule has 94 valence electrons. The van der Waals surface area contributed by atoms with Gasteiger partial charge >= 0.3 is 0 Å². The first-order valence-electron chi connectivity index (χ1n) is 5.89. The molecular formula is C15H13N3O. The van der Waals surface area contributed by atoms with Gasteiger partial charge in [-0.25, -0.2) is 4.98 Å². The molecule has 0 saturated carbocycles. The van der Waals surface area contributed by atoms with Crippen LogP contribution in [0, 0.1) is 0 Å². The van der Waals surface area contributed by atoms with Crippen LogP contribution in [0.2, 0.25) is 0 Å². The first-order chi connectivity index (χ1) is 9.24. The van der Waals surface area contributed by atoms with Crippen molar-refractivity contribution in [2.24, 2.45) is 0 Å². The Labute approximate surface area is 110 Å². The fourth-order valence-corrected chi connectivity index (χ4v) is 2.01. The van der Waals surface area contributed by atoms with Gasteiger partial charge in [0, 0.05) is 16.9 Å². The van der Waals surface area contributed by atoms with E-state index in [1.54, 1.807) is 12.5 Å². The third kappa shape index (κ3) is 2.15. The van der Waals surface area contributed by atoms with E-state index in [2.05, 4.69) is 4.98 Å². The molecule has 0 atom stereocenters. The largest absolute Gasteiger partial charge is 0.445 e. The summed E-state index contributed by atoms with van der Waals surface area (Å²) in [6.07, 6.45) is 3.16. The average Bonchev–Trinajstić information content (AvgIpc) is 2.94. The van der Waals surface area contributed by atoms with E-state index in [-0.39, 0.29) is 0 Å². The van der Waals surface area contributed by atoms with Gasteiger partial charge in [-0.3, -0.25) is 0 Å². The zero-order valence-corrected chi connectivity index (χ0v) is 10.2. The summed E-state index contributed by atoms with van der Waals surface area (Å²) in [5.74, 6) is 0.555. The van der Waals surface area contributed by atoms with Crippen LogP contribution in [0.1, 0.15) is 0 Å². The highest BCUT2D eigenvalue weighted by Gasteiger charge is 2.11. The van der Waals surface area contributed by atoms with E-state index in [0.29, 0.717) is 11.6 Å². The molecule has 2 aromatic carbocycles. The molecule has 0 amide bonds. The van der Waals surface area contributed by atoms with E-state index in [0.717, 1.165) is 22.4 Å². The van der Waals surface area contributed by atoms with Crippen molar-refractivity contribution < 1.29 is 4.42 Å². The van der Waals surface area contributed by atoms with Crippen molar-refractivity contribution in [3.63, 3.8) is 0 Å². The fraction of sp³-hybridized carbons (Fsp3) is 0. The van der Waals surface area contributed by atoms with E-state index in [4.69, 9.17) is 15.9 Å². The molecule has 1 heterocycles. The lowest BCUT2D eigenvalue weighted by atomic mass is 9.99.